The summed E-state index contributed by atoms with van der Waals surface area (Å²) in [6.45, 7) is 0. The molecule has 3 rings (SSSR count). The number of carbonyl (C=O) groups is 1. The van der Waals surface area contributed by atoms with E-state index in [0.717, 1.165) is 6.07 Å². The lowest BCUT2D eigenvalue weighted by atomic mass is 10.2. The van der Waals surface area contributed by atoms with Gasteiger partial charge in [-0.3, -0.25) is 10.1 Å². The van der Waals surface area contributed by atoms with Gasteiger partial charge in [0.2, 0.25) is 15.6 Å². The van der Waals surface area contributed by atoms with Crippen LogP contribution in [-0.2, 0) is 10.0 Å². The summed E-state index contributed by atoms with van der Waals surface area (Å²) >= 11 is 0. The van der Waals surface area contributed by atoms with Crippen molar-refractivity contribution in [1.29, 1.82) is 0 Å². The van der Waals surface area contributed by atoms with Crippen LogP contribution < -0.4 is 5.14 Å². The van der Waals surface area contributed by atoms with Crippen molar-refractivity contribution < 1.29 is 27.7 Å². The third kappa shape index (κ3) is 3.81. The molecule has 0 aliphatic heterocycles. The number of nitrogens with two attached hydrogens (primary N) is 1. The Hall–Kier alpha value is -2.98. The van der Waals surface area contributed by atoms with E-state index in [4.69, 9.17) is 14.7 Å². The van der Waals surface area contributed by atoms with E-state index in [9.17, 15) is 23.3 Å². The molecule has 0 atom stereocenters. The average Bonchev–Trinajstić information content (AvgIpc) is 3.10. The van der Waals surface area contributed by atoms with Crippen molar-refractivity contribution in [1.82, 2.24) is 0 Å². The molecule has 9 nitrogen and oxygen atoms in total. The molecule has 0 spiro atoms. The number of carboxylic acid groups (broad SMARTS) is 1. The quantitative estimate of drug-likeness (QED) is 0.545. The molecule has 1 aromatic carbocycles. The van der Waals surface area contributed by atoms with Crippen molar-refractivity contribution in [2.24, 2.45) is 5.14 Å². The summed E-state index contributed by atoms with van der Waals surface area (Å²) in [6, 6.07) is 9.56. The fourth-order valence-electron chi connectivity index (χ4n) is 1.72. The zero-order valence-electron chi connectivity index (χ0n) is 11.4. The minimum atomic E-state index is -3.82. The van der Waals surface area contributed by atoms with Gasteiger partial charge in [0.15, 0.2) is 0 Å². The van der Waals surface area contributed by atoms with Crippen LogP contribution >= 0.6 is 0 Å². The van der Waals surface area contributed by atoms with E-state index in [0.29, 0.717) is 11.2 Å². The molecule has 0 aliphatic carbocycles. The lowest BCUT2D eigenvalue weighted by molar-refractivity contribution is -0.383. The summed E-state index contributed by atoms with van der Waals surface area (Å²) in [5.41, 5.74) is 0.853. The van der Waals surface area contributed by atoms with E-state index in [2.05, 4.69) is 0 Å². The number of aromatic carboxylic acids is 1. The number of hydrogen-bond acceptors (Lipinski definition) is 6. The lowest BCUT2D eigenvalue weighted by Crippen LogP contribution is -2.12. The Morgan fingerprint density at radius 1 is 1.22 bits per heavy atom. The number of benzene rings is 2. The normalized spacial score (nSPS) is 11.0. The molecule has 2 aromatic heterocycles. The van der Waals surface area contributed by atoms with Crippen LogP contribution in [0.5, 0.6) is 0 Å². The number of rotatable bonds is 3. The van der Waals surface area contributed by atoms with E-state index in [1.165, 1.54) is 24.3 Å². The number of furan rings is 2. The predicted octanol–water partition coefficient (Wildman–Crippen LogP) is 1.81. The summed E-state index contributed by atoms with van der Waals surface area (Å²) in [6.07, 6.45) is 0. The van der Waals surface area contributed by atoms with E-state index < -0.39 is 20.9 Å². The first-order valence-corrected chi connectivity index (χ1v) is 7.55. The summed E-state index contributed by atoms with van der Waals surface area (Å²) in [5.74, 6) is -1.19. The molecule has 3 N–H and O–H groups in total. The Morgan fingerprint density at radius 3 is 2.30 bits per heavy atom. The van der Waals surface area contributed by atoms with Gasteiger partial charge in [0, 0.05) is 0 Å². The van der Waals surface area contributed by atoms with Crippen molar-refractivity contribution in [3.63, 3.8) is 0 Å². The molecule has 10 heteroatoms. The third-order valence-electron chi connectivity index (χ3n) is 2.76. The standard InChI is InChI=1S/C7H7NO4S.C6H3NO3/c8-13(11,12)6-3-1-2-5(4-6)7(9)10;8-7(9)5-3-4-1-2-6(5)10-4/h1-4H,(H,9,10)(H2,8,11,12);1-3H. The van der Waals surface area contributed by atoms with Crippen molar-refractivity contribution >= 4 is 32.8 Å². The minimum absolute atomic E-state index is 0.0532. The van der Waals surface area contributed by atoms with Crippen LogP contribution in [0, 0.1) is 10.1 Å². The van der Waals surface area contributed by atoms with Crippen molar-refractivity contribution in [2.75, 3.05) is 0 Å². The molecule has 23 heavy (non-hydrogen) atoms. The highest BCUT2D eigenvalue weighted by Crippen LogP contribution is 2.27. The smallest absolute Gasteiger partial charge is 0.335 e. The fourth-order valence-corrected chi connectivity index (χ4v) is 2.28. The van der Waals surface area contributed by atoms with Crippen LogP contribution in [0.2, 0.25) is 0 Å². The van der Waals surface area contributed by atoms with Gasteiger partial charge in [-0.1, -0.05) is 6.07 Å². The Kier molecular flexibility index (Phi) is 4.29. The van der Waals surface area contributed by atoms with Crippen LogP contribution in [0.25, 0.3) is 11.2 Å². The van der Waals surface area contributed by atoms with Crippen LogP contribution in [0.4, 0.5) is 5.69 Å². The van der Waals surface area contributed by atoms with Crippen molar-refractivity contribution in [3.8, 4) is 0 Å². The number of nitro benzene ring substituents is 1. The lowest BCUT2D eigenvalue weighted by Gasteiger charge is -1.98. The summed E-state index contributed by atoms with van der Waals surface area (Å²) in [7, 11) is -3.82. The molecular weight excluding hydrogens is 328 g/mol. The molecule has 0 saturated heterocycles. The third-order valence-corrected chi connectivity index (χ3v) is 3.68. The zero-order chi connectivity index (χ0) is 17.2. The van der Waals surface area contributed by atoms with Gasteiger partial charge >= 0.3 is 11.7 Å². The molecule has 0 aliphatic rings. The van der Waals surface area contributed by atoms with Gasteiger partial charge in [-0.05, 0) is 30.3 Å². The maximum atomic E-state index is 10.8. The Bertz CT molecular complexity index is 961. The number of carboxylic acids is 1. The van der Waals surface area contributed by atoms with Crippen LogP contribution in [-0.4, -0.2) is 24.4 Å². The van der Waals surface area contributed by atoms with Crippen LogP contribution in [0.15, 0.2) is 51.8 Å². The second-order valence-electron chi connectivity index (χ2n) is 4.37. The second kappa shape index (κ2) is 6.02. The average molecular weight is 338 g/mol. The van der Waals surface area contributed by atoms with Crippen molar-refractivity contribution in [2.45, 2.75) is 4.90 Å². The molecule has 3 aromatic rings. The molecule has 0 radical (unpaired) electrons. The van der Waals surface area contributed by atoms with Gasteiger partial charge in [0.1, 0.15) is 5.58 Å². The van der Waals surface area contributed by atoms with Crippen molar-refractivity contribution in [3.05, 3.63) is 58.1 Å². The largest absolute Gasteiger partial charge is 0.478 e. The molecule has 0 amide bonds. The number of primary sulfonamides is 1. The molecular formula is C13H10N2O7S. The van der Waals surface area contributed by atoms with E-state index in [-0.39, 0.29) is 16.1 Å². The van der Waals surface area contributed by atoms with Gasteiger partial charge in [-0.2, -0.15) is 0 Å². The SMILES string of the molecule is NS(=O)(=O)c1cccc(C(=O)O)c1.O=[N+]([O-])c1cc2ccc1o2. The van der Waals surface area contributed by atoms with Gasteiger partial charge in [-0.15, -0.1) is 0 Å². The summed E-state index contributed by atoms with van der Waals surface area (Å²) in [4.78, 5) is 20.0. The molecule has 0 fully saturated rings. The first-order chi connectivity index (χ1) is 10.7. The Balaban J connectivity index is 0.000000172. The molecule has 2 heterocycles. The number of sulfonamides is 1. The highest BCUT2D eigenvalue weighted by Gasteiger charge is 2.16. The maximum absolute atomic E-state index is 10.8. The van der Waals surface area contributed by atoms with Gasteiger partial charge in [0.25, 0.3) is 0 Å². The zero-order valence-corrected chi connectivity index (χ0v) is 12.2. The number of non-ortho nitro benzene ring substituents is 1. The maximum Gasteiger partial charge on any atom is 0.335 e. The predicted molar refractivity (Wildman–Crippen MR) is 78.8 cm³/mol. The van der Waals surface area contributed by atoms with Gasteiger partial charge in [-0.25, -0.2) is 18.4 Å². The van der Waals surface area contributed by atoms with E-state index in [1.807, 2.05) is 0 Å². The highest BCUT2D eigenvalue weighted by atomic mass is 32.2. The van der Waals surface area contributed by atoms with Gasteiger partial charge < -0.3 is 9.52 Å². The first kappa shape index (κ1) is 16.4. The summed E-state index contributed by atoms with van der Waals surface area (Å²) < 4.78 is 26.5. The molecule has 120 valence electrons. The monoisotopic (exact) mass is 338 g/mol. The topological polar surface area (TPSA) is 154 Å². The fraction of sp³-hybridized carbons (Fsp3) is 0. The van der Waals surface area contributed by atoms with Crippen LogP contribution in [0.3, 0.4) is 0 Å². The van der Waals surface area contributed by atoms with E-state index in [1.54, 1.807) is 12.1 Å². The first-order valence-electron chi connectivity index (χ1n) is 6.01. The minimum Gasteiger partial charge on any atom is -0.478 e. The highest BCUT2D eigenvalue weighted by molar-refractivity contribution is 7.89. The molecule has 2 bridgehead atoms. The summed E-state index contributed by atoms with van der Waals surface area (Å²) in [5, 5.41) is 23.5. The number of nitrogens with zero attached hydrogens (tertiary/aromatic N) is 1. The Morgan fingerprint density at radius 2 is 1.91 bits per heavy atom. The number of fused-ring (bicyclic) bond motifs is 2. The van der Waals surface area contributed by atoms with E-state index >= 15 is 0 Å². The van der Waals surface area contributed by atoms with Gasteiger partial charge in [0.05, 0.1) is 21.4 Å². The molecule has 0 unspecified atom stereocenters. The Labute approximate surface area is 129 Å². The molecule has 0 saturated carbocycles. The van der Waals surface area contributed by atoms with Crippen LogP contribution in [0.1, 0.15) is 10.4 Å². The number of hydrogen-bond donors (Lipinski definition) is 2. The number of nitro groups is 1. The second-order valence-corrected chi connectivity index (χ2v) is 5.93.